The minimum atomic E-state index is 0.474. The van der Waals surface area contributed by atoms with Gasteiger partial charge in [0.05, 0.1) is 12.4 Å². The average molecular weight is 226 g/mol. The van der Waals surface area contributed by atoms with Crippen LogP contribution in [0.3, 0.4) is 0 Å². The second-order valence-electron chi connectivity index (χ2n) is 4.10. The summed E-state index contributed by atoms with van der Waals surface area (Å²) in [5.41, 5.74) is 0. The minimum Gasteiger partial charge on any atom is -0.350 e. The zero-order valence-electron chi connectivity index (χ0n) is 9.15. The second kappa shape index (κ2) is 4.35. The van der Waals surface area contributed by atoms with Crippen molar-refractivity contribution >= 4 is 17.4 Å². The van der Waals surface area contributed by atoms with Gasteiger partial charge in [0.25, 0.3) is 0 Å². The zero-order valence-corrected chi connectivity index (χ0v) is 9.91. The molecule has 15 heavy (non-hydrogen) atoms. The first-order valence-electron chi connectivity index (χ1n) is 5.48. The van der Waals surface area contributed by atoms with E-state index in [0.29, 0.717) is 17.2 Å². The Morgan fingerprint density at radius 3 is 2.93 bits per heavy atom. The molecule has 1 aromatic heterocycles. The van der Waals surface area contributed by atoms with Crippen molar-refractivity contribution in [3.8, 4) is 0 Å². The Balaban J connectivity index is 2.28. The van der Waals surface area contributed by atoms with E-state index in [1.807, 2.05) is 0 Å². The summed E-state index contributed by atoms with van der Waals surface area (Å²) in [6.45, 7) is 4.45. The normalized spacial score (nSPS) is 25.9. The van der Waals surface area contributed by atoms with E-state index in [2.05, 4.69) is 28.7 Å². The standard InChI is InChI=1S/C11H16ClN3/c1-3-9-5-4-8(2)15(9)11-7-13-6-10(12)14-11/h6-9H,3-5H2,1-2H3. The molecule has 0 amide bonds. The van der Waals surface area contributed by atoms with Gasteiger partial charge in [-0.3, -0.25) is 4.98 Å². The Labute approximate surface area is 95.5 Å². The van der Waals surface area contributed by atoms with Crippen LogP contribution in [0.15, 0.2) is 12.4 Å². The lowest BCUT2D eigenvalue weighted by molar-refractivity contribution is 0.620. The summed E-state index contributed by atoms with van der Waals surface area (Å²) in [4.78, 5) is 10.8. The fraction of sp³-hybridized carbons (Fsp3) is 0.636. The Morgan fingerprint density at radius 1 is 1.47 bits per heavy atom. The topological polar surface area (TPSA) is 29.0 Å². The van der Waals surface area contributed by atoms with E-state index in [9.17, 15) is 0 Å². The Hall–Kier alpha value is -0.830. The van der Waals surface area contributed by atoms with Crippen LogP contribution >= 0.6 is 11.6 Å². The smallest absolute Gasteiger partial charge is 0.149 e. The first-order valence-corrected chi connectivity index (χ1v) is 5.86. The molecule has 82 valence electrons. The van der Waals surface area contributed by atoms with Crippen molar-refractivity contribution in [1.82, 2.24) is 9.97 Å². The van der Waals surface area contributed by atoms with Crippen molar-refractivity contribution < 1.29 is 0 Å². The third-order valence-corrected chi connectivity index (χ3v) is 3.30. The summed E-state index contributed by atoms with van der Waals surface area (Å²) in [6.07, 6.45) is 7.00. The molecule has 2 rings (SSSR count). The van der Waals surface area contributed by atoms with Gasteiger partial charge in [0.2, 0.25) is 0 Å². The third-order valence-electron chi connectivity index (χ3n) is 3.11. The molecule has 0 spiro atoms. The van der Waals surface area contributed by atoms with Gasteiger partial charge in [-0.1, -0.05) is 18.5 Å². The van der Waals surface area contributed by atoms with E-state index in [4.69, 9.17) is 11.6 Å². The first kappa shape index (κ1) is 10.7. The fourth-order valence-electron chi connectivity index (χ4n) is 2.34. The zero-order chi connectivity index (χ0) is 10.8. The molecule has 2 atom stereocenters. The molecular formula is C11H16ClN3. The molecule has 0 saturated carbocycles. The van der Waals surface area contributed by atoms with Crippen molar-refractivity contribution in [2.75, 3.05) is 4.90 Å². The number of nitrogens with zero attached hydrogens (tertiary/aromatic N) is 3. The number of aromatic nitrogens is 2. The lowest BCUT2D eigenvalue weighted by Gasteiger charge is -2.28. The molecule has 1 saturated heterocycles. The van der Waals surface area contributed by atoms with Crippen LogP contribution in [0.4, 0.5) is 5.82 Å². The molecule has 4 heteroatoms. The third kappa shape index (κ3) is 2.07. The predicted molar refractivity (Wildman–Crippen MR) is 62.3 cm³/mol. The molecule has 0 N–H and O–H groups in total. The summed E-state index contributed by atoms with van der Waals surface area (Å²) in [6, 6.07) is 1.13. The maximum absolute atomic E-state index is 5.86. The van der Waals surface area contributed by atoms with Crippen molar-refractivity contribution in [2.45, 2.75) is 45.2 Å². The van der Waals surface area contributed by atoms with Crippen LogP contribution in [0.5, 0.6) is 0 Å². The highest BCUT2D eigenvalue weighted by atomic mass is 35.5. The fourth-order valence-corrected chi connectivity index (χ4v) is 2.49. The van der Waals surface area contributed by atoms with E-state index < -0.39 is 0 Å². The van der Waals surface area contributed by atoms with Crippen molar-refractivity contribution in [1.29, 1.82) is 0 Å². The number of hydrogen-bond donors (Lipinski definition) is 0. The van der Waals surface area contributed by atoms with E-state index in [0.717, 1.165) is 12.2 Å². The molecule has 1 aliphatic rings. The van der Waals surface area contributed by atoms with Crippen molar-refractivity contribution in [3.63, 3.8) is 0 Å². The average Bonchev–Trinajstić information content (AvgIpc) is 2.59. The van der Waals surface area contributed by atoms with Gasteiger partial charge in [-0.2, -0.15) is 0 Å². The summed E-state index contributed by atoms with van der Waals surface area (Å²) in [7, 11) is 0. The Morgan fingerprint density at radius 2 is 2.27 bits per heavy atom. The highest BCUT2D eigenvalue weighted by molar-refractivity contribution is 6.29. The molecule has 0 bridgehead atoms. The van der Waals surface area contributed by atoms with Gasteiger partial charge in [0.1, 0.15) is 11.0 Å². The van der Waals surface area contributed by atoms with E-state index in [1.165, 1.54) is 12.8 Å². The van der Waals surface area contributed by atoms with Crippen molar-refractivity contribution in [2.24, 2.45) is 0 Å². The Bertz CT molecular complexity index is 342. The molecule has 2 unspecified atom stereocenters. The largest absolute Gasteiger partial charge is 0.350 e. The summed E-state index contributed by atoms with van der Waals surface area (Å²) in [5.74, 6) is 0.916. The quantitative estimate of drug-likeness (QED) is 0.775. The van der Waals surface area contributed by atoms with Crippen LogP contribution in [0, 0.1) is 0 Å². The maximum Gasteiger partial charge on any atom is 0.149 e. The number of hydrogen-bond acceptors (Lipinski definition) is 3. The molecule has 0 radical (unpaired) electrons. The molecule has 1 fully saturated rings. The maximum atomic E-state index is 5.86. The van der Waals surface area contributed by atoms with Gasteiger partial charge in [0, 0.05) is 12.1 Å². The van der Waals surface area contributed by atoms with Gasteiger partial charge >= 0.3 is 0 Å². The van der Waals surface area contributed by atoms with Gasteiger partial charge in [-0.05, 0) is 26.2 Å². The Kier molecular flexibility index (Phi) is 3.10. The van der Waals surface area contributed by atoms with E-state index in [1.54, 1.807) is 12.4 Å². The van der Waals surface area contributed by atoms with Gasteiger partial charge in [-0.15, -0.1) is 0 Å². The minimum absolute atomic E-state index is 0.474. The van der Waals surface area contributed by atoms with Crippen LogP contribution in [0.25, 0.3) is 0 Å². The first-order chi connectivity index (χ1) is 7.22. The van der Waals surface area contributed by atoms with Crippen LogP contribution in [-0.4, -0.2) is 22.1 Å². The lowest BCUT2D eigenvalue weighted by atomic mass is 10.2. The molecular weight excluding hydrogens is 210 g/mol. The number of anilines is 1. The molecule has 1 aliphatic heterocycles. The van der Waals surface area contributed by atoms with Gasteiger partial charge < -0.3 is 4.90 Å². The van der Waals surface area contributed by atoms with Crippen molar-refractivity contribution in [3.05, 3.63) is 17.5 Å². The van der Waals surface area contributed by atoms with Crippen LogP contribution < -0.4 is 4.90 Å². The lowest BCUT2D eigenvalue weighted by Crippen LogP contribution is -2.34. The number of rotatable bonds is 2. The molecule has 1 aromatic rings. The van der Waals surface area contributed by atoms with E-state index >= 15 is 0 Å². The van der Waals surface area contributed by atoms with Crippen LogP contribution in [-0.2, 0) is 0 Å². The SMILES string of the molecule is CCC1CCC(C)N1c1cncc(Cl)n1. The summed E-state index contributed by atoms with van der Waals surface area (Å²) in [5, 5.41) is 0.474. The molecule has 2 heterocycles. The van der Waals surface area contributed by atoms with Crippen LogP contribution in [0.2, 0.25) is 5.15 Å². The monoisotopic (exact) mass is 225 g/mol. The van der Waals surface area contributed by atoms with Gasteiger partial charge in [0.15, 0.2) is 0 Å². The van der Waals surface area contributed by atoms with E-state index in [-0.39, 0.29) is 0 Å². The summed E-state index contributed by atoms with van der Waals surface area (Å²) >= 11 is 5.86. The molecule has 3 nitrogen and oxygen atoms in total. The highest BCUT2D eigenvalue weighted by Crippen LogP contribution is 2.30. The molecule has 0 aromatic carbocycles. The summed E-state index contributed by atoms with van der Waals surface area (Å²) < 4.78 is 0. The number of halogens is 1. The van der Waals surface area contributed by atoms with Crippen LogP contribution in [0.1, 0.15) is 33.1 Å². The molecule has 0 aliphatic carbocycles. The van der Waals surface area contributed by atoms with Gasteiger partial charge in [-0.25, -0.2) is 4.98 Å². The highest BCUT2D eigenvalue weighted by Gasteiger charge is 2.30. The second-order valence-corrected chi connectivity index (χ2v) is 4.48. The predicted octanol–water partition coefficient (Wildman–Crippen LogP) is 2.90.